The van der Waals surface area contributed by atoms with Crippen LogP contribution in [0.2, 0.25) is 0 Å². The molecule has 0 aliphatic carbocycles. The minimum Gasteiger partial charge on any atom is -0.439 e. The lowest BCUT2D eigenvalue weighted by Gasteiger charge is -2.32. The number of rotatable bonds is 5. The summed E-state index contributed by atoms with van der Waals surface area (Å²) >= 11 is 0. The molecular weight excluding hydrogens is 357 g/mol. The summed E-state index contributed by atoms with van der Waals surface area (Å²) in [4.78, 5) is 15.9. The molecule has 0 saturated carbocycles. The van der Waals surface area contributed by atoms with Crippen molar-refractivity contribution in [3.8, 4) is 17.7 Å². The van der Waals surface area contributed by atoms with E-state index in [0.29, 0.717) is 34.0 Å². The van der Waals surface area contributed by atoms with Gasteiger partial charge in [-0.05, 0) is 51.4 Å². The normalized spacial score (nSPS) is 17.1. The molecule has 8 heteroatoms. The molecule has 1 aliphatic rings. The van der Waals surface area contributed by atoms with E-state index in [0.717, 1.165) is 6.29 Å². The third-order valence-corrected chi connectivity index (χ3v) is 5.14. The summed E-state index contributed by atoms with van der Waals surface area (Å²) < 4.78 is 17.8. The summed E-state index contributed by atoms with van der Waals surface area (Å²) in [5, 5.41) is 11.9. The van der Waals surface area contributed by atoms with Gasteiger partial charge in [0.05, 0.1) is 16.8 Å². The number of ether oxygens (including phenoxy) is 1. The maximum Gasteiger partial charge on any atom is 0.495 e. The smallest absolute Gasteiger partial charge is 0.439 e. The fraction of sp³-hybridized carbons (Fsp3) is 0.350. The summed E-state index contributed by atoms with van der Waals surface area (Å²) in [5.41, 5.74) is 0.481. The first-order chi connectivity index (χ1) is 13.2. The fourth-order valence-corrected chi connectivity index (χ4v) is 2.80. The lowest BCUT2D eigenvalue weighted by atomic mass is 9.76. The van der Waals surface area contributed by atoms with Crippen LogP contribution in [0, 0.1) is 11.3 Å². The van der Waals surface area contributed by atoms with Crippen LogP contribution < -0.4 is 15.5 Å². The summed E-state index contributed by atoms with van der Waals surface area (Å²) in [6.45, 7) is 7.84. The molecule has 2 heterocycles. The number of carbonyl (C=O) groups is 1. The maximum absolute atomic E-state index is 11.7. The Morgan fingerprint density at radius 1 is 1.18 bits per heavy atom. The van der Waals surface area contributed by atoms with E-state index in [4.69, 9.17) is 19.3 Å². The number of aromatic nitrogens is 1. The highest BCUT2D eigenvalue weighted by Crippen LogP contribution is 2.37. The van der Waals surface area contributed by atoms with Crippen molar-refractivity contribution >= 4 is 24.7 Å². The minimum atomic E-state index is -0.636. The van der Waals surface area contributed by atoms with Crippen molar-refractivity contribution in [3.05, 3.63) is 41.5 Å². The van der Waals surface area contributed by atoms with Gasteiger partial charge in [-0.2, -0.15) is 10.2 Å². The van der Waals surface area contributed by atoms with Gasteiger partial charge in [0.25, 0.3) is 0 Å². The number of hydrogen-bond acceptors (Lipinski definition) is 7. The van der Waals surface area contributed by atoms with E-state index in [1.807, 2.05) is 27.7 Å². The van der Waals surface area contributed by atoms with E-state index in [2.05, 4.69) is 16.4 Å². The van der Waals surface area contributed by atoms with Gasteiger partial charge >= 0.3 is 7.12 Å². The van der Waals surface area contributed by atoms with E-state index in [1.54, 1.807) is 37.4 Å². The molecule has 0 radical (unpaired) electrons. The Balaban J connectivity index is 1.87. The largest absolute Gasteiger partial charge is 0.495 e. The van der Waals surface area contributed by atoms with Crippen LogP contribution in [0.25, 0.3) is 0 Å². The first kappa shape index (κ1) is 19.9. The second-order valence-corrected chi connectivity index (χ2v) is 7.51. The average molecular weight is 379 g/mol. The SMILES string of the molecule is CNc1nc(Oc2ccc(B3OC(C)(C)C(C)(C)O3)c(C=O)c2)ccc1C#N. The number of pyridine rings is 1. The molecule has 144 valence electrons. The number of carbonyl (C=O) groups excluding carboxylic acids is 1. The molecule has 0 spiro atoms. The Kier molecular flexibility index (Phi) is 5.15. The van der Waals surface area contributed by atoms with Gasteiger partial charge in [-0.15, -0.1) is 0 Å². The number of anilines is 1. The van der Waals surface area contributed by atoms with Crippen LogP contribution in [0.5, 0.6) is 11.6 Å². The Bertz CT molecular complexity index is 937. The molecular formula is C20H22BN3O4. The monoisotopic (exact) mass is 379 g/mol. The highest BCUT2D eigenvalue weighted by atomic mass is 16.7. The molecule has 1 saturated heterocycles. The highest BCUT2D eigenvalue weighted by Gasteiger charge is 2.52. The lowest BCUT2D eigenvalue weighted by molar-refractivity contribution is 0.00578. The van der Waals surface area contributed by atoms with Crippen molar-refractivity contribution in [3.63, 3.8) is 0 Å². The second kappa shape index (κ2) is 7.26. The summed E-state index contributed by atoms with van der Waals surface area (Å²) in [6, 6.07) is 10.4. The van der Waals surface area contributed by atoms with E-state index in [9.17, 15) is 4.79 Å². The van der Waals surface area contributed by atoms with Crippen LogP contribution in [0.3, 0.4) is 0 Å². The summed E-state index contributed by atoms with van der Waals surface area (Å²) in [5.74, 6) is 1.18. The Labute approximate surface area is 164 Å². The Hall–Kier alpha value is -2.89. The van der Waals surface area contributed by atoms with Gasteiger partial charge in [-0.25, -0.2) is 0 Å². The van der Waals surface area contributed by atoms with Crippen LogP contribution >= 0.6 is 0 Å². The molecule has 2 aromatic rings. The number of nitrogens with zero attached hydrogens (tertiary/aromatic N) is 2. The van der Waals surface area contributed by atoms with Crippen molar-refractivity contribution in [2.75, 3.05) is 12.4 Å². The van der Waals surface area contributed by atoms with E-state index in [-0.39, 0.29) is 0 Å². The van der Waals surface area contributed by atoms with Gasteiger partial charge in [0.2, 0.25) is 5.88 Å². The van der Waals surface area contributed by atoms with E-state index < -0.39 is 18.3 Å². The van der Waals surface area contributed by atoms with Gasteiger partial charge < -0.3 is 19.4 Å². The molecule has 1 aromatic heterocycles. The molecule has 0 amide bonds. The number of nitriles is 1. The Morgan fingerprint density at radius 3 is 2.43 bits per heavy atom. The van der Waals surface area contributed by atoms with Gasteiger partial charge in [0.1, 0.15) is 23.9 Å². The first-order valence-electron chi connectivity index (χ1n) is 8.92. The molecule has 3 rings (SSSR count). The van der Waals surface area contributed by atoms with Crippen molar-refractivity contribution in [1.29, 1.82) is 5.26 Å². The van der Waals surface area contributed by atoms with Gasteiger partial charge in [-0.1, -0.05) is 6.07 Å². The number of hydrogen-bond donors (Lipinski definition) is 1. The predicted octanol–water partition coefficient (Wildman–Crippen LogP) is 2.90. The molecule has 0 bridgehead atoms. The van der Waals surface area contributed by atoms with E-state index >= 15 is 0 Å². The summed E-state index contributed by atoms with van der Waals surface area (Å²) in [7, 11) is 1.04. The lowest BCUT2D eigenvalue weighted by Crippen LogP contribution is -2.41. The number of benzene rings is 1. The molecule has 1 aliphatic heterocycles. The van der Waals surface area contributed by atoms with Crippen LogP contribution in [-0.4, -0.2) is 36.6 Å². The number of nitrogens with one attached hydrogen (secondary N) is 1. The van der Waals surface area contributed by atoms with Crippen molar-refractivity contribution < 1.29 is 18.8 Å². The molecule has 1 aromatic carbocycles. The summed E-state index contributed by atoms with van der Waals surface area (Å²) in [6.07, 6.45) is 0.748. The zero-order valence-electron chi connectivity index (χ0n) is 16.6. The minimum absolute atomic E-state index is 0.309. The van der Waals surface area contributed by atoms with Gasteiger partial charge in [0.15, 0.2) is 0 Å². The average Bonchev–Trinajstić information content (AvgIpc) is 2.88. The van der Waals surface area contributed by atoms with Crippen molar-refractivity contribution in [2.24, 2.45) is 0 Å². The topological polar surface area (TPSA) is 93.5 Å². The predicted molar refractivity (Wildman–Crippen MR) is 106 cm³/mol. The van der Waals surface area contributed by atoms with Gasteiger partial charge in [-0.3, -0.25) is 4.79 Å². The van der Waals surface area contributed by atoms with Crippen LogP contribution in [0.4, 0.5) is 5.82 Å². The molecule has 1 N–H and O–H groups in total. The first-order valence-corrected chi connectivity index (χ1v) is 8.92. The third-order valence-electron chi connectivity index (χ3n) is 5.14. The van der Waals surface area contributed by atoms with Crippen LogP contribution in [-0.2, 0) is 9.31 Å². The van der Waals surface area contributed by atoms with Crippen molar-refractivity contribution in [1.82, 2.24) is 4.98 Å². The van der Waals surface area contributed by atoms with Crippen LogP contribution in [0.15, 0.2) is 30.3 Å². The molecule has 28 heavy (non-hydrogen) atoms. The third kappa shape index (κ3) is 3.59. The zero-order chi connectivity index (χ0) is 20.5. The highest BCUT2D eigenvalue weighted by molar-refractivity contribution is 6.63. The fourth-order valence-electron chi connectivity index (χ4n) is 2.80. The van der Waals surface area contributed by atoms with Gasteiger partial charge in [0, 0.05) is 18.7 Å². The zero-order valence-corrected chi connectivity index (χ0v) is 16.6. The molecule has 7 nitrogen and oxygen atoms in total. The van der Waals surface area contributed by atoms with Crippen LogP contribution in [0.1, 0.15) is 43.6 Å². The standard InChI is InChI=1S/C20H22BN3O4/c1-19(2)20(3,4)28-21(27-19)16-8-7-15(10-14(16)12-25)26-17-9-6-13(11-22)18(23-5)24-17/h6-10,12H,1-5H3,(H,23,24). The number of aldehydes is 1. The maximum atomic E-state index is 11.7. The quantitative estimate of drug-likeness (QED) is 0.631. The Morgan fingerprint density at radius 2 is 1.86 bits per heavy atom. The van der Waals surface area contributed by atoms with E-state index in [1.165, 1.54) is 0 Å². The molecule has 0 atom stereocenters. The molecule has 1 fully saturated rings. The molecule has 0 unspecified atom stereocenters. The van der Waals surface area contributed by atoms with Crippen molar-refractivity contribution in [2.45, 2.75) is 38.9 Å². The second-order valence-electron chi connectivity index (χ2n) is 7.51.